The largest absolute Gasteiger partial charge is 0.326 e. The second-order valence-corrected chi connectivity index (χ2v) is 6.72. The van der Waals surface area contributed by atoms with Gasteiger partial charge in [0, 0.05) is 31.7 Å². The van der Waals surface area contributed by atoms with Crippen molar-refractivity contribution in [3.05, 3.63) is 28.8 Å². The van der Waals surface area contributed by atoms with Crippen LogP contribution in [0.1, 0.15) is 31.2 Å². The quantitative estimate of drug-likeness (QED) is 0.927. The van der Waals surface area contributed by atoms with Gasteiger partial charge in [0.1, 0.15) is 6.07 Å². The molecule has 0 aromatic heterocycles. The van der Waals surface area contributed by atoms with Crippen molar-refractivity contribution in [3.63, 3.8) is 0 Å². The molecule has 22 heavy (non-hydrogen) atoms. The molecule has 2 unspecified atom stereocenters. The minimum absolute atomic E-state index is 0.00201. The van der Waals surface area contributed by atoms with E-state index in [-0.39, 0.29) is 5.91 Å². The van der Waals surface area contributed by atoms with Gasteiger partial charge in [0.15, 0.2) is 0 Å². The highest BCUT2D eigenvalue weighted by atomic mass is 35.5. The van der Waals surface area contributed by atoms with Crippen LogP contribution in [0.15, 0.2) is 18.2 Å². The van der Waals surface area contributed by atoms with Crippen molar-refractivity contribution >= 4 is 23.2 Å². The fraction of sp³-hybridized carbons (Fsp3) is 0.529. The highest BCUT2D eigenvalue weighted by Gasteiger charge is 2.35. The van der Waals surface area contributed by atoms with E-state index >= 15 is 0 Å². The maximum atomic E-state index is 12.0. The van der Waals surface area contributed by atoms with E-state index in [1.807, 2.05) is 6.07 Å². The molecule has 2 atom stereocenters. The van der Waals surface area contributed by atoms with E-state index in [9.17, 15) is 4.79 Å². The Labute approximate surface area is 136 Å². The first-order valence-electron chi connectivity index (χ1n) is 7.87. The number of hydrogen-bond donors (Lipinski definition) is 1. The van der Waals surface area contributed by atoms with Crippen molar-refractivity contribution in [2.24, 2.45) is 11.8 Å². The Hall–Kier alpha value is -1.57. The number of nitrogens with one attached hydrogen (secondary N) is 1. The summed E-state index contributed by atoms with van der Waals surface area (Å²) in [6.45, 7) is 3.13. The lowest BCUT2D eigenvalue weighted by Gasteiger charge is -2.16. The normalized spacial score (nSPS) is 24.0. The summed E-state index contributed by atoms with van der Waals surface area (Å²) < 4.78 is 0. The van der Waals surface area contributed by atoms with Crippen molar-refractivity contribution < 1.29 is 4.79 Å². The van der Waals surface area contributed by atoms with Crippen molar-refractivity contribution in [1.29, 1.82) is 5.26 Å². The molecule has 1 saturated heterocycles. The minimum atomic E-state index is -0.00201. The minimum Gasteiger partial charge on any atom is -0.326 e. The zero-order valence-electron chi connectivity index (χ0n) is 12.5. The summed E-state index contributed by atoms with van der Waals surface area (Å²) in [5, 5.41) is 12.1. The van der Waals surface area contributed by atoms with Crippen LogP contribution in [-0.4, -0.2) is 30.4 Å². The second-order valence-electron chi connectivity index (χ2n) is 6.32. The van der Waals surface area contributed by atoms with Gasteiger partial charge in [-0.25, -0.2) is 0 Å². The zero-order valence-corrected chi connectivity index (χ0v) is 13.3. The maximum Gasteiger partial charge on any atom is 0.225 e. The average Bonchev–Trinajstić information content (AvgIpc) is 3.06. The molecule has 1 aliphatic carbocycles. The number of carbonyl (C=O) groups is 1. The van der Waals surface area contributed by atoms with Gasteiger partial charge >= 0.3 is 0 Å². The van der Waals surface area contributed by atoms with Gasteiger partial charge in [0.2, 0.25) is 5.91 Å². The van der Waals surface area contributed by atoms with Crippen LogP contribution in [0.2, 0.25) is 5.02 Å². The molecule has 116 valence electrons. The summed E-state index contributed by atoms with van der Waals surface area (Å²) in [5.74, 6) is 1.72. The predicted octanol–water partition coefficient (Wildman–Crippen LogP) is 3.27. The van der Waals surface area contributed by atoms with Crippen molar-refractivity contribution in [2.45, 2.75) is 25.7 Å². The Balaban J connectivity index is 1.47. The first kappa shape index (κ1) is 15.3. The third-order valence-corrected chi connectivity index (χ3v) is 5.14. The van der Waals surface area contributed by atoms with Crippen LogP contribution in [0.5, 0.6) is 0 Å². The number of anilines is 1. The highest BCUT2D eigenvalue weighted by Crippen LogP contribution is 2.37. The zero-order chi connectivity index (χ0) is 15.5. The number of benzene rings is 1. The molecule has 4 nitrogen and oxygen atoms in total. The number of halogens is 1. The molecule has 1 aromatic carbocycles. The molecule has 1 N–H and O–H groups in total. The molecule has 2 fully saturated rings. The Morgan fingerprint density at radius 1 is 1.36 bits per heavy atom. The number of rotatable bonds is 4. The van der Waals surface area contributed by atoms with E-state index in [2.05, 4.69) is 10.2 Å². The topological polar surface area (TPSA) is 56.1 Å². The monoisotopic (exact) mass is 317 g/mol. The van der Waals surface area contributed by atoms with Crippen LogP contribution in [0.25, 0.3) is 0 Å². The molecule has 1 aromatic rings. The van der Waals surface area contributed by atoms with Gasteiger partial charge in [-0.2, -0.15) is 5.26 Å². The van der Waals surface area contributed by atoms with Gasteiger partial charge in [-0.15, -0.1) is 0 Å². The van der Waals surface area contributed by atoms with Crippen LogP contribution in [0.3, 0.4) is 0 Å². The molecule has 3 rings (SSSR count). The van der Waals surface area contributed by atoms with Gasteiger partial charge in [-0.05, 0) is 42.9 Å². The van der Waals surface area contributed by atoms with Crippen LogP contribution in [0, 0.1) is 23.2 Å². The average molecular weight is 318 g/mol. The standard InChI is InChI=1S/C17H20ClN3O/c18-16-8-15(5-4-12(16)9-19)20-17(22)6-7-21-10-13-2-1-3-14(13)11-21/h4-5,8,13-14H,1-3,6-7,10-11H2,(H,20,22). The lowest BCUT2D eigenvalue weighted by Crippen LogP contribution is -2.26. The first-order valence-corrected chi connectivity index (χ1v) is 8.25. The molecule has 0 radical (unpaired) electrons. The molecule has 1 heterocycles. The summed E-state index contributed by atoms with van der Waals surface area (Å²) >= 11 is 5.97. The Morgan fingerprint density at radius 2 is 2.09 bits per heavy atom. The number of hydrogen-bond acceptors (Lipinski definition) is 3. The molecule has 1 saturated carbocycles. The van der Waals surface area contributed by atoms with Gasteiger partial charge in [-0.1, -0.05) is 18.0 Å². The number of fused-ring (bicyclic) bond motifs is 1. The van der Waals surface area contributed by atoms with Crippen LogP contribution in [-0.2, 0) is 4.79 Å². The third-order valence-electron chi connectivity index (χ3n) is 4.83. The lowest BCUT2D eigenvalue weighted by atomic mass is 10.0. The maximum absolute atomic E-state index is 12.0. The second kappa shape index (κ2) is 6.68. The summed E-state index contributed by atoms with van der Waals surface area (Å²) in [5.41, 5.74) is 1.07. The van der Waals surface area contributed by atoms with Crippen LogP contribution in [0.4, 0.5) is 5.69 Å². The molecule has 5 heteroatoms. The SMILES string of the molecule is N#Cc1ccc(NC(=O)CCN2CC3CCCC3C2)cc1Cl. The number of nitrogens with zero attached hydrogens (tertiary/aromatic N) is 2. The van der Waals surface area contributed by atoms with Crippen LogP contribution >= 0.6 is 11.6 Å². The van der Waals surface area contributed by atoms with E-state index < -0.39 is 0 Å². The molecule has 1 aliphatic heterocycles. The highest BCUT2D eigenvalue weighted by molar-refractivity contribution is 6.32. The predicted molar refractivity (Wildman–Crippen MR) is 86.7 cm³/mol. The summed E-state index contributed by atoms with van der Waals surface area (Å²) in [4.78, 5) is 14.5. The van der Waals surface area contributed by atoms with E-state index in [4.69, 9.17) is 16.9 Å². The molecular formula is C17H20ClN3O. The van der Waals surface area contributed by atoms with Crippen molar-refractivity contribution in [1.82, 2.24) is 4.90 Å². The number of amides is 1. The Bertz CT molecular complexity index is 598. The molecule has 2 aliphatic rings. The number of likely N-dealkylation sites (tertiary alicyclic amines) is 1. The van der Waals surface area contributed by atoms with Crippen LogP contribution < -0.4 is 5.32 Å². The van der Waals surface area contributed by atoms with Gasteiger partial charge < -0.3 is 10.2 Å². The van der Waals surface area contributed by atoms with E-state index in [0.29, 0.717) is 22.7 Å². The summed E-state index contributed by atoms with van der Waals surface area (Å²) in [6, 6.07) is 6.96. The first-order chi connectivity index (χ1) is 10.7. The van der Waals surface area contributed by atoms with E-state index in [1.54, 1.807) is 18.2 Å². The fourth-order valence-corrected chi connectivity index (χ4v) is 3.90. The Morgan fingerprint density at radius 3 is 2.73 bits per heavy atom. The van der Waals surface area contributed by atoms with E-state index in [1.165, 1.54) is 19.3 Å². The summed E-state index contributed by atoms with van der Waals surface area (Å²) in [7, 11) is 0. The third kappa shape index (κ3) is 3.43. The molecule has 0 spiro atoms. The number of nitriles is 1. The molecular weight excluding hydrogens is 298 g/mol. The van der Waals surface area contributed by atoms with Gasteiger partial charge in [-0.3, -0.25) is 4.79 Å². The van der Waals surface area contributed by atoms with Crippen molar-refractivity contribution in [3.8, 4) is 6.07 Å². The van der Waals surface area contributed by atoms with Gasteiger partial charge in [0.25, 0.3) is 0 Å². The number of carbonyl (C=O) groups excluding carboxylic acids is 1. The Kier molecular flexibility index (Phi) is 4.66. The molecule has 0 bridgehead atoms. The van der Waals surface area contributed by atoms with Gasteiger partial charge in [0.05, 0.1) is 10.6 Å². The summed E-state index contributed by atoms with van der Waals surface area (Å²) in [6.07, 6.45) is 4.59. The lowest BCUT2D eigenvalue weighted by molar-refractivity contribution is -0.116. The fourth-order valence-electron chi connectivity index (χ4n) is 3.68. The van der Waals surface area contributed by atoms with Crippen molar-refractivity contribution in [2.75, 3.05) is 25.0 Å². The molecule has 1 amide bonds. The smallest absolute Gasteiger partial charge is 0.225 e. The van der Waals surface area contributed by atoms with E-state index in [0.717, 1.165) is 31.5 Å².